The number of hydrogen-bond donors (Lipinski definition) is 0. The molecule has 0 aliphatic carbocycles. The summed E-state index contributed by atoms with van der Waals surface area (Å²) in [7, 11) is 0. The molecule has 2 aliphatic heterocycles. The average Bonchev–Trinajstić information content (AvgIpc) is 3.25. The smallest absolute Gasteiger partial charge is 0.257 e. The first kappa shape index (κ1) is 13.5. The number of aromatic nitrogens is 2. The monoisotopic (exact) mass is 303 g/mol. The van der Waals surface area contributed by atoms with Crippen LogP contribution >= 0.6 is 0 Å². The predicted octanol–water partition coefficient (Wildman–Crippen LogP) is 1.96. The van der Waals surface area contributed by atoms with Gasteiger partial charge in [-0.1, -0.05) is 5.16 Å². The van der Waals surface area contributed by atoms with Gasteiger partial charge in [0, 0.05) is 20.0 Å². The molecular weight excluding hydrogens is 286 g/mol. The number of rotatable bonds is 2. The third kappa shape index (κ3) is 2.31. The number of nitrogens with zero attached hydrogens (tertiary/aromatic N) is 3. The summed E-state index contributed by atoms with van der Waals surface area (Å²) in [6.45, 7) is 3.11. The fourth-order valence-electron chi connectivity index (χ4n) is 3.30. The zero-order chi connectivity index (χ0) is 15.1. The van der Waals surface area contributed by atoms with Crippen LogP contribution in [0.1, 0.15) is 41.0 Å². The largest absolute Gasteiger partial charge is 0.472 e. The molecule has 3 atom stereocenters. The van der Waals surface area contributed by atoms with Crippen LogP contribution in [-0.2, 0) is 4.74 Å². The first-order valence-electron chi connectivity index (χ1n) is 7.48. The molecule has 4 heterocycles. The lowest BCUT2D eigenvalue weighted by molar-refractivity contribution is -0.00749. The maximum Gasteiger partial charge on any atom is 0.257 e. The van der Waals surface area contributed by atoms with Crippen LogP contribution in [-0.4, -0.2) is 40.1 Å². The third-order valence-electron chi connectivity index (χ3n) is 4.44. The molecule has 0 aromatic carbocycles. The number of ether oxygens (including phenoxy) is 1. The molecular formula is C15H17N3O4. The van der Waals surface area contributed by atoms with Gasteiger partial charge in [-0.3, -0.25) is 4.79 Å². The minimum Gasteiger partial charge on any atom is -0.472 e. The number of likely N-dealkylation sites (tertiary alicyclic amines) is 1. The topological polar surface area (TPSA) is 81.6 Å². The highest BCUT2D eigenvalue weighted by Crippen LogP contribution is 2.40. The minimum absolute atomic E-state index is 0.00495. The van der Waals surface area contributed by atoms with Gasteiger partial charge in [-0.25, -0.2) is 0 Å². The van der Waals surface area contributed by atoms with E-state index in [1.165, 1.54) is 12.5 Å². The summed E-state index contributed by atoms with van der Waals surface area (Å²) in [5.74, 6) is 1.59. The van der Waals surface area contributed by atoms with E-state index in [9.17, 15) is 4.79 Å². The highest BCUT2D eigenvalue weighted by atomic mass is 16.5. The lowest BCUT2D eigenvalue weighted by Gasteiger charge is -2.33. The molecule has 2 aromatic heterocycles. The Kier molecular flexibility index (Phi) is 3.22. The van der Waals surface area contributed by atoms with Crippen molar-refractivity contribution >= 4 is 5.91 Å². The van der Waals surface area contributed by atoms with Crippen LogP contribution in [0.15, 0.2) is 27.5 Å². The van der Waals surface area contributed by atoms with E-state index in [2.05, 4.69) is 10.1 Å². The van der Waals surface area contributed by atoms with Gasteiger partial charge in [-0.05, 0) is 24.8 Å². The molecule has 0 saturated carbocycles. The van der Waals surface area contributed by atoms with Gasteiger partial charge in [0.25, 0.3) is 5.91 Å². The third-order valence-corrected chi connectivity index (χ3v) is 4.44. The Hall–Kier alpha value is -2.15. The summed E-state index contributed by atoms with van der Waals surface area (Å²) >= 11 is 0. The number of amides is 1. The molecule has 4 rings (SSSR count). The Bertz CT molecular complexity index is 666. The van der Waals surface area contributed by atoms with Gasteiger partial charge in [0.1, 0.15) is 12.4 Å². The quantitative estimate of drug-likeness (QED) is 0.843. The Morgan fingerprint density at radius 3 is 3.09 bits per heavy atom. The molecule has 0 radical (unpaired) electrons. The second-order valence-electron chi connectivity index (χ2n) is 5.88. The van der Waals surface area contributed by atoms with Gasteiger partial charge < -0.3 is 18.6 Å². The van der Waals surface area contributed by atoms with Crippen molar-refractivity contribution in [2.45, 2.75) is 32.0 Å². The molecule has 0 spiro atoms. The Morgan fingerprint density at radius 2 is 2.36 bits per heavy atom. The number of fused-ring (bicyclic) bond motifs is 1. The van der Waals surface area contributed by atoms with Crippen LogP contribution in [0.5, 0.6) is 0 Å². The summed E-state index contributed by atoms with van der Waals surface area (Å²) in [5.41, 5.74) is 0.585. The lowest BCUT2D eigenvalue weighted by Crippen LogP contribution is -2.45. The lowest BCUT2D eigenvalue weighted by atomic mass is 9.91. The molecule has 0 bridgehead atoms. The Balaban J connectivity index is 1.44. The fraction of sp³-hybridized carbons (Fsp3) is 0.533. The zero-order valence-electron chi connectivity index (χ0n) is 12.3. The van der Waals surface area contributed by atoms with Crippen molar-refractivity contribution in [3.63, 3.8) is 0 Å². The second kappa shape index (κ2) is 5.24. The van der Waals surface area contributed by atoms with Crippen LogP contribution in [0.25, 0.3) is 0 Å². The Labute approximate surface area is 127 Å². The molecule has 2 aromatic rings. The van der Waals surface area contributed by atoms with Crippen molar-refractivity contribution < 1.29 is 18.5 Å². The number of carbonyl (C=O) groups is 1. The van der Waals surface area contributed by atoms with Crippen molar-refractivity contribution in [2.24, 2.45) is 5.92 Å². The van der Waals surface area contributed by atoms with Gasteiger partial charge in [0.05, 0.1) is 17.9 Å². The summed E-state index contributed by atoms with van der Waals surface area (Å²) in [5, 5.41) is 3.95. The first-order chi connectivity index (χ1) is 10.7. The van der Waals surface area contributed by atoms with E-state index in [0.29, 0.717) is 29.7 Å². The molecule has 7 heteroatoms. The van der Waals surface area contributed by atoms with Gasteiger partial charge >= 0.3 is 0 Å². The van der Waals surface area contributed by atoms with E-state index in [0.717, 1.165) is 19.4 Å². The molecule has 116 valence electrons. The van der Waals surface area contributed by atoms with Crippen LogP contribution < -0.4 is 0 Å². The number of aryl methyl sites for hydroxylation is 1. The number of hydrogen-bond acceptors (Lipinski definition) is 6. The molecule has 1 amide bonds. The van der Waals surface area contributed by atoms with Crippen molar-refractivity contribution in [1.82, 2.24) is 15.0 Å². The highest BCUT2D eigenvalue weighted by Gasteiger charge is 2.42. The summed E-state index contributed by atoms with van der Waals surface area (Å²) in [6, 6.07) is 1.69. The van der Waals surface area contributed by atoms with Crippen LogP contribution in [0, 0.1) is 12.8 Å². The maximum absolute atomic E-state index is 12.4. The van der Waals surface area contributed by atoms with Crippen molar-refractivity contribution in [3.05, 3.63) is 35.9 Å². The standard InChI is InChI=1S/C15H17N3O4/c1-9-16-14(17-22-9)12-6-10-2-4-18(7-13(10)21-12)15(19)11-3-5-20-8-11/h3,5,8,10,12-13H,2,4,6-7H2,1H3/t10-,12+,13+/m0/s1. The highest BCUT2D eigenvalue weighted by molar-refractivity contribution is 5.93. The molecule has 2 fully saturated rings. The zero-order valence-corrected chi connectivity index (χ0v) is 12.3. The minimum atomic E-state index is -0.128. The van der Waals surface area contributed by atoms with Gasteiger partial charge in [0.2, 0.25) is 11.7 Å². The SMILES string of the molecule is Cc1nc([C@H]2C[C@@H]3CCN(C(=O)c4ccoc4)C[C@H]3O2)no1. The van der Waals surface area contributed by atoms with Crippen molar-refractivity contribution in [3.8, 4) is 0 Å². The fourth-order valence-corrected chi connectivity index (χ4v) is 3.30. The summed E-state index contributed by atoms with van der Waals surface area (Å²) in [4.78, 5) is 18.5. The van der Waals surface area contributed by atoms with Crippen LogP contribution in [0.2, 0.25) is 0 Å². The van der Waals surface area contributed by atoms with E-state index in [1.54, 1.807) is 13.0 Å². The number of piperidine rings is 1. The van der Waals surface area contributed by atoms with E-state index in [1.807, 2.05) is 4.90 Å². The normalized spacial score (nSPS) is 27.9. The van der Waals surface area contributed by atoms with Gasteiger partial charge in [0.15, 0.2) is 0 Å². The van der Waals surface area contributed by atoms with Crippen LogP contribution in [0.3, 0.4) is 0 Å². The van der Waals surface area contributed by atoms with Crippen molar-refractivity contribution in [2.75, 3.05) is 13.1 Å². The molecule has 2 aliphatic rings. The van der Waals surface area contributed by atoms with E-state index >= 15 is 0 Å². The molecule has 22 heavy (non-hydrogen) atoms. The average molecular weight is 303 g/mol. The van der Waals surface area contributed by atoms with E-state index < -0.39 is 0 Å². The van der Waals surface area contributed by atoms with Gasteiger partial charge in [-0.15, -0.1) is 0 Å². The molecule has 0 unspecified atom stereocenters. The van der Waals surface area contributed by atoms with E-state index in [-0.39, 0.29) is 18.1 Å². The van der Waals surface area contributed by atoms with Gasteiger partial charge in [-0.2, -0.15) is 4.98 Å². The van der Waals surface area contributed by atoms with E-state index in [4.69, 9.17) is 13.7 Å². The first-order valence-corrected chi connectivity index (χ1v) is 7.48. The number of furan rings is 1. The second-order valence-corrected chi connectivity index (χ2v) is 5.88. The summed E-state index contributed by atoms with van der Waals surface area (Å²) in [6.07, 6.45) is 4.72. The molecule has 0 N–H and O–H groups in total. The molecule has 7 nitrogen and oxygen atoms in total. The molecule has 2 saturated heterocycles. The Morgan fingerprint density at radius 1 is 1.45 bits per heavy atom. The predicted molar refractivity (Wildman–Crippen MR) is 74.0 cm³/mol. The maximum atomic E-state index is 12.4. The summed E-state index contributed by atoms with van der Waals surface area (Å²) < 4.78 is 16.1. The number of carbonyl (C=O) groups excluding carboxylic acids is 1. The van der Waals surface area contributed by atoms with Crippen molar-refractivity contribution in [1.29, 1.82) is 0 Å². The van der Waals surface area contributed by atoms with Crippen LogP contribution in [0.4, 0.5) is 0 Å².